The Morgan fingerprint density at radius 2 is 1.74 bits per heavy atom. The van der Waals surface area contributed by atoms with Gasteiger partial charge in [0, 0.05) is 73.3 Å². The molecule has 9 nitrogen and oxygen atoms in total. The van der Waals surface area contributed by atoms with E-state index < -0.39 is 17.7 Å². The van der Waals surface area contributed by atoms with Crippen molar-refractivity contribution in [3.63, 3.8) is 0 Å². The molecule has 0 radical (unpaired) electrons. The first kappa shape index (κ1) is 30.1. The summed E-state index contributed by atoms with van der Waals surface area (Å²) in [6.45, 7) is 13.9. The fraction of sp³-hybridized carbons (Fsp3) is 0.351. The number of aliphatic carboxylic acids is 1. The molecule has 5 aromatic rings. The molecule has 2 aliphatic rings. The lowest BCUT2D eigenvalue weighted by molar-refractivity contribution is -0.160. The van der Waals surface area contributed by atoms with E-state index in [-0.39, 0.29) is 0 Å². The van der Waals surface area contributed by atoms with Crippen LogP contribution in [0.2, 0.25) is 0 Å². The number of piperazine rings is 1. The van der Waals surface area contributed by atoms with Crippen molar-refractivity contribution in [2.45, 2.75) is 52.7 Å². The number of aromatic nitrogens is 3. The van der Waals surface area contributed by atoms with Crippen molar-refractivity contribution in [2.24, 2.45) is 0 Å². The number of hydrogen-bond donors (Lipinski definition) is 2. The SMILES string of the molecule is Cc1cc2c(C)c(-c3cnc(N4CCNCC4)nc3)ccc2c(-c2ccc3c4c(ccnc24)CCO3)c1[C@H](OC(C)(C)C)C(=O)O. The Balaban J connectivity index is 1.46. The highest BCUT2D eigenvalue weighted by Gasteiger charge is 2.33. The van der Waals surface area contributed by atoms with Gasteiger partial charge in [0.25, 0.3) is 0 Å². The fourth-order valence-electron chi connectivity index (χ4n) is 6.89. The van der Waals surface area contributed by atoms with Crippen LogP contribution in [0.1, 0.15) is 49.1 Å². The summed E-state index contributed by atoms with van der Waals surface area (Å²) < 4.78 is 12.3. The molecule has 2 aromatic heterocycles. The van der Waals surface area contributed by atoms with Crippen molar-refractivity contribution in [3.05, 3.63) is 77.2 Å². The first-order valence-corrected chi connectivity index (χ1v) is 15.9. The quantitative estimate of drug-likeness (QED) is 0.223. The Kier molecular flexibility index (Phi) is 7.61. The predicted molar refractivity (Wildman–Crippen MR) is 181 cm³/mol. The molecule has 2 aliphatic heterocycles. The first-order chi connectivity index (χ1) is 22.1. The van der Waals surface area contributed by atoms with Crippen LogP contribution in [0.4, 0.5) is 5.95 Å². The van der Waals surface area contributed by atoms with Gasteiger partial charge in [-0.2, -0.15) is 0 Å². The van der Waals surface area contributed by atoms with Crippen LogP contribution in [0.15, 0.2) is 55.0 Å². The smallest absolute Gasteiger partial charge is 0.337 e. The maximum atomic E-state index is 12.9. The van der Waals surface area contributed by atoms with Crippen LogP contribution >= 0.6 is 0 Å². The maximum absolute atomic E-state index is 12.9. The van der Waals surface area contributed by atoms with Crippen LogP contribution < -0.4 is 15.0 Å². The molecule has 0 amide bonds. The van der Waals surface area contributed by atoms with Crippen LogP contribution in [0.25, 0.3) is 43.9 Å². The zero-order valence-electron chi connectivity index (χ0n) is 27.0. The lowest BCUT2D eigenvalue weighted by atomic mass is 9.83. The Labute approximate surface area is 268 Å². The highest BCUT2D eigenvalue weighted by molar-refractivity contribution is 6.10. The van der Waals surface area contributed by atoms with E-state index in [0.717, 1.165) is 99.4 Å². The van der Waals surface area contributed by atoms with Crippen molar-refractivity contribution < 1.29 is 19.4 Å². The average Bonchev–Trinajstić information content (AvgIpc) is 3.04. The van der Waals surface area contributed by atoms with Crippen molar-refractivity contribution in [2.75, 3.05) is 37.7 Å². The molecule has 4 heterocycles. The Morgan fingerprint density at radius 1 is 1.00 bits per heavy atom. The Bertz CT molecular complexity index is 1970. The number of rotatable bonds is 6. The third-order valence-corrected chi connectivity index (χ3v) is 8.98. The molecule has 1 fully saturated rings. The highest BCUT2D eigenvalue weighted by Crippen LogP contribution is 2.46. The highest BCUT2D eigenvalue weighted by atomic mass is 16.5. The van der Waals surface area contributed by atoms with Crippen LogP contribution in [0.5, 0.6) is 5.75 Å². The van der Waals surface area contributed by atoms with E-state index in [0.29, 0.717) is 12.2 Å². The zero-order valence-corrected chi connectivity index (χ0v) is 27.0. The summed E-state index contributed by atoms with van der Waals surface area (Å²) in [5.41, 5.74) is 7.44. The van der Waals surface area contributed by atoms with E-state index >= 15 is 0 Å². The molecule has 0 spiro atoms. The summed E-state index contributed by atoms with van der Waals surface area (Å²) in [5, 5.41) is 16.9. The molecule has 1 saturated heterocycles. The second kappa shape index (κ2) is 11.6. The van der Waals surface area contributed by atoms with Gasteiger partial charge in [-0.15, -0.1) is 0 Å². The van der Waals surface area contributed by atoms with Gasteiger partial charge in [-0.05, 0) is 91.4 Å². The standard InChI is InChI=1S/C37H39N5O4/c1-21-18-28-22(2)25(24-19-40-36(41-20-24)42-15-13-38-14-16-42)6-7-26(28)32(30(21)34(35(43)44)46-37(3,4)5)27-8-9-29-31-23(11-17-45-29)10-12-39-33(27)31/h6-10,12,18-20,34,38H,11,13-17H2,1-5H3,(H,43,44)/t34-/m0/s1. The van der Waals surface area contributed by atoms with E-state index in [1.54, 1.807) is 0 Å². The summed E-state index contributed by atoms with van der Waals surface area (Å²) in [6, 6.07) is 12.3. The third-order valence-electron chi connectivity index (χ3n) is 8.98. The summed E-state index contributed by atoms with van der Waals surface area (Å²) >= 11 is 0. The lowest BCUT2D eigenvalue weighted by Crippen LogP contribution is -2.44. The van der Waals surface area contributed by atoms with Gasteiger partial charge in [-0.25, -0.2) is 14.8 Å². The second-order valence-corrected chi connectivity index (χ2v) is 13.2. The van der Waals surface area contributed by atoms with Gasteiger partial charge in [-0.3, -0.25) is 4.98 Å². The summed E-state index contributed by atoms with van der Waals surface area (Å²) in [4.78, 5) is 29.4. The number of nitrogens with one attached hydrogen (secondary N) is 1. The molecule has 7 rings (SSSR count). The minimum atomic E-state index is -1.19. The van der Waals surface area contributed by atoms with E-state index in [1.165, 1.54) is 5.56 Å². The molecule has 1 atom stereocenters. The Hall–Kier alpha value is -4.60. The van der Waals surface area contributed by atoms with Gasteiger partial charge >= 0.3 is 5.97 Å². The number of benzene rings is 3. The molecule has 0 unspecified atom stereocenters. The van der Waals surface area contributed by atoms with E-state index in [9.17, 15) is 9.90 Å². The van der Waals surface area contributed by atoms with E-state index in [4.69, 9.17) is 24.4 Å². The third kappa shape index (κ3) is 5.33. The number of pyridine rings is 1. The number of aryl methyl sites for hydroxylation is 2. The van der Waals surface area contributed by atoms with Gasteiger partial charge < -0.3 is 24.8 Å². The largest absolute Gasteiger partial charge is 0.493 e. The molecule has 236 valence electrons. The van der Waals surface area contributed by atoms with Crippen LogP contribution in [0, 0.1) is 13.8 Å². The van der Waals surface area contributed by atoms with Crippen LogP contribution in [-0.4, -0.2) is 64.4 Å². The van der Waals surface area contributed by atoms with Gasteiger partial charge in [0.15, 0.2) is 6.10 Å². The number of carboxylic acid groups (broad SMARTS) is 1. The fourth-order valence-corrected chi connectivity index (χ4v) is 6.89. The number of fused-ring (bicyclic) bond motifs is 1. The second-order valence-electron chi connectivity index (χ2n) is 13.2. The van der Waals surface area contributed by atoms with Gasteiger partial charge in [0.05, 0.1) is 17.7 Å². The number of nitrogens with zero attached hydrogens (tertiary/aromatic N) is 4. The summed E-state index contributed by atoms with van der Waals surface area (Å²) in [7, 11) is 0. The molecular formula is C37H39N5O4. The first-order valence-electron chi connectivity index (χ1n) is 15.9. The van der Waals surface area contributed by atoms with Crippen molar-refractivity contribution >= 4 is 33.6 Å². The van der Waals surface area contributed by atoms with Crippen molar-refractivity contribution in [1.29, 1.82) is 0 Å². The monoisotopic (exact) mass is 617 g/mol. The summed E-state index contributed by atoms with van der Waals surface area (Å²) in [5.74, 6) is 0.507. The normalized spacial score (nSPS) is 15.6. The number of anilines is 1. The van der Waals surface area contributed by atoms with E-state index in [2.05, 4.69) is 35.3 Å². The van der Waals surface area contributed by atoms with Gasteiger partial charge in [0.1, 0.15) is 5.75 Å². The van der Waals surface area contributed by atoms with Crippen molar-refractivity contribution in [3.8, 4) is 28.0 Å². The average molecular weight is 618 g/mol. The van der Waals surface area contributed by atoms with E-state index in [1.807, 2.05) is 64.5 Å². The number of hydrogen-bond acceptors (Lipinski definition) is 8. The van der Waals surface area contributed by atoms with Crippen LogP contribution in [0.3, 0.4) is 0 Å². The zero-order chi connectivity index (χ0) is 32.2. The molecule has 46 heavy (non-hydrogen) atoms. The molecule has 0 saturated carbocycles. The topological polar surface area (TPSA) is 110 Å². The minimum absolute atomic E-state index is 0.618. The molecule has 0 aliphatic carbocycles. The van der Waals surface area contributed by atoms with Crippen molar-refractivity contribution in [1.82, 2.24) is 20.3 Å². The number of ether oxygens (including phenoxy) is 2. The lowest BCUT2D eigenvalue weighted by Gasteiger charge is -2.29. The number of carbonyl (C=O) groups is 1. The summed E-state index contributed by atoms with van der Waals surface area (Å²) in [6.07, 6.45) is 5.23. The molecular weight excluding hydrogens is 578 g/mol. The minimum Gasteiger partial charge on any atom is -0.493 e. The Morgan fingerprint density at radius 3 is 2.46 bits per heavy atom. The molecule has 3 aromatic carbocycles. The molecule has 2 N–H and O–H groups in total. The van der Waals surface area contributed by atoms with Gasteiger partial charge in [-0.1, -0.05) is 18.2 Å². The maximum Gasteiger partial charge on any atom is 0.337 e. The molecule has 0 bridgehead atoms. The van der Waals surface area contributed by atoms with Gasteiger partial charge in [0.2, 0.25) is 5.95 Å². The van der Waals surface area contributed by atoms with Crippen LogP contribution in [-0.2, 0) is 16.0 Å². The predicted octanol–water partition coefficient (Wildman–Crippen LogP) is 6.41. The number of carboxylic acids is 1. The molecule has 9 heteroatoms.